The van der Waals surface area contributed by atoms with Crippen LogP contribution >= 0.6 is 0 Å². The van der Waals surface area contributed by atoms with Crippen LogP contribution in [0.4, 0.5) is 0 Å². The minimum atomic E-state index is -1.65. The predicted octanol–water partition coefficient (Wildman–Crippen LogP) is -3.97. The fourth-order valence-corrected chi connectivity index (χ4v) is 2.57. The molecule has 14 heteroatoms. The summed E-state index contributed by atoms with van der Waals surface area (Å²) >= 11 is 0. The molecule has 0 aliphatic carbocycles. The first kappa shape index (κ1) is 28.7. The van der Waals surface area contributed by atoms with Crippen LogP contribution in [-0.4, -0.2) is 76.5 Å². The SMILES string of the molecule is CC(C)CC(NC(=O)C(N)CO)C(=O)NC(CCC(N)=O)C(=O)NC(CC(N)=O)C(=O)O. The van der Waals surface area contributed by atoms with Crippen molar-refractivity contribution in [3.63, 3.8) is 0 Å². The molecule has 0 radical (unpaired) electrons. The van der Waals surface area contributed by atoms with Crippen LogP contribution in [-0.2, 0) is 28.8 Å². The second-order valence-corrected chi connectivity index (χ2v) is 7.62. The predicted molar refractivity (Wildman–Crippen MR) is 110 cm³/mol. The Labute approximate surface area is 184 Å². The van der Waals surface area contributed by atoms with E-state index in [0.29, 0.717) is 0 Å². The Balaban J connectivity index is 5.55. The molecular formula is C18H32N6O8. The average Bonchev–Trinajstić information content (AvgIpc) is 2.67. The number of carbonyl (C=O) groups excluding carboxylic acids is 5. The smallest absolute Gasteiger partial charge is 0.326 e. The maximum absolute atomic E-state index is 12.8. The summed E-state index contributed by atoms with van der Waals surface area (Å²) in [6, 6.07) is -5.45. The summed E-state index contributed by atoms with van der Waals surface area (Å²) in [5, 5.41) is 25.0. The highest BCUT2D eigenvalue weighted by Crippen LogP contribution is 2.08. The Bertz CT molecular complexity index is 714. The molecule has 4 atom stereocenters. The zero-order valence-electron chi connectivity index (χ0n) is 18.0. The highest BCUT2D eigenvalue weighted by molar-refractivity contribution is 5.95. The van der Waals surface area contributed by atoms with E-state index in [4.69, 9.17) is 27.4 Å². The molecule has 0 saturated carbocycles. The molecule has 182 valence electrons. The second-order valence-electron chi connectivity index (χ2n) is 7.62. The van der Waals surface area contributed by atoms with Gasteiger partial charge in [0.1, 0.15) is 24.2 Å². The maximum atomic E-state index is 12.8. The van der Waals surface area contributed by atoms with E-state index in [1.165, 1.54) is 0 Å². The third kappa shape index (κ3) is 11.2. The molecule has 0 heterocycles. The van der Waals surface area contributed by atoms with Crippen LogP contribution in [0, 0.1) is 5.92 Å². The summed E-state index contributed by atoms with van der Waals surface area (Å²) < 4.78 is 0. The van der Waals surface area contributed by atoms with E-state index in [9.17, 15) is 28.8 Å². The van der Waals surface area contributed by atoms with E-state index in [2.05, 4.69) is 16.0 Å². The van der Waals surface area contributed by atoms with Crippen molar-refractivity contribution in [2.45, 2.75) is 63.7 Å². The number of hydrogen-bond acceptors (Lipinski definition) is 8. The molecular weight excluding hydrogens is 428 g/mol. The van der Waals surface area contributed by atoms with Gasteiger partial charge in [0.05, 0.1) is 13.0 Å². The number of carbonyl (C=O) groups is 6. The van der Waals surface area contributed by atoms with Crippen LogP contribution in [0.3, 0.4) is 0 Å². The summed E-state index contributed by atoms with van der Waals surface area (Å²) in [6.45, 7) is 2.90. The maximum Gasteiger partial charge on any atom is 0.326 e. The number of aliphatic hydroxyl groups is 1. The van der Waals surface area contributed by atoms with Gasteiger partial charge in [-0.3, -0.25) is 24.0 Å². The lowest BCUT2D eigenvalue weighted by Crippen LogP contribution is -2.58. The summed E-state index contributed by atoms with van der Waals surface area (Å²) in [5.74, 6) is -5.93. The highest BCUT2D eigenvalue weighted by Gasteiger charge is 2.31. The number of carboxylic acids is 1. The topological polar surface area (TPSA) is 257 Å². The molecule has 5 amide bonds. The third-order valence-electron chi connectivity index (χ3n) is 4.21. The van der Waals surface area contributed by atoms with Crippen LogP contribution in [0.15, 0.2) is 0 Å². The number of amides is 5. The average molecular weight is 460 g/mol. The fraction of sp³-hybridized carbons (Fsp3) is 0.667. The number of primary amides is 2. The molecule has 0 spiro atoms. The van der Waals surface area contributed by atoms with E-state index in [1.807, 2.05) is 0 Å². The van der Waals surface area contributed by atoms with Crippen molar-refractivity contribution in [3.05, 3.63) is 0 Å². The summed E-state index contributed by atoms with van der Waals surface area (Å²) in [5.41, 5.74) is 15.5. The van der Waals surface area contributed by atoms with Gasteiger partial charge in [0.2, 0.25) is 29.5 Å². The van der Waals surface area contributed by atoms with Crippen LogP contribution < -0.4 is 33.2 Å². The molecule has 0 bridgehead atoms. The lowest BCUT2D eigenvalue weighted by Gasteiger charge is -2.25. The van der Waals surface area contributed by atoms with Gasteiger partial charge < -0.3 is 43.4 Å². The Kier molecular flexibility index (Phi) is 12.5. The molecule has 0 aromatic carbocycles. The molecule has 11 N–H and O–H groups in total. The van der Waals surface area contributed by atoms with Gasteiger partial charge in [-0.05, 0) is 18.8 Å². The molecule has 0 aromatic heterocycles. The Morgan fingerprint density at radius 3 is 1.75 bits per heavy atom. The number of carboxylic acid groups (broad SMARTS) is 1. The summed E-state index contributed by atoms with van der Waals surface area (Å²) in [4.78, 5) is 70.8. The largest absolute Gasteiger partial charge is 0.480 e. The third-order valence-corrected chi connectivity index (χ3v) is 4.21. The molecule has 0 fully saturated rings. The fourth-order valence-electron chi connectivity index (χ4n) is 2.57. The Hall–Kier alpha value is -3.26. The van der Waals surface area contributed by atoms with Crippen molar-refractivity contribution >= 4 is 35.5 Å². The standard InChI is InChI=1S/C18H32N6O8/c1-8(2)5-11(23-15(28)9(19)7-25)17(30)22-10(3-4-13(20)26)16(29)24-12(18(31)32)6-14(21)27/h8-12,25H,3-7,19H2,1-2H3,(H2,20,26)(H2,21,27)(H,22,30)(H,23,28)(H,24,29)(H,31,32). The minimum Gasteiger partial charge on any atom is -0.480 e. The lowest BCUT2D eigenvalue weighted by atomic mass is 10.0. The van der Waals surface area contributed by atoms with Crippen molar-refractivity contribution in [3.8, 4) is 0 Å². The number of rotatable bonds is 15. The first-order chi connectivity index (χ1) is 14.8. The van der Waals surface area contributed by atoms with Crippen molar-refractivity contribution in [2.24, 2.45) is 23.1 Å². The van der Waals surface area contributed by atoms with Crippen LogP contribution in [0.2, 0.25) is 0 Å². The molecule has 0 aliphatic rings. The quantitative estimate of drug-likeness (QED) is 0.118. The number of nitrogens with one attached hydrogen (secondary N) is 3. The van der Waals surface area contributed by atoms with Crippen molar-refractivity contribution < 1.29 is 39.0 Å². The molecule has 32 heavy (non-hydrogen) atoms. The van der Waals surface area contributed by atoms with Crippen LogP contribution in [0.5, 0.6) is 0 Å². The molecule has 0 aromatic rings. The zero-order chi connectivity index (χ0) is 25.0. The molecule has 0 aliphatic heterocycles. The van der Waals surface area contributed by atoms with Gasteiger partial charge >= 0.3 is 5.97 Å². The van der Waals surface area contributed by atoms with Gasteiger partial charge in [-0.2, -0.15) is 0 Å². The van der Waals surface area contributed by atoms with Gasteiger partial charge in [-0.15, -0.1) is 0 Å². The van der Waals surface area contributed by atoms with Crippen LogP contribution in [0.1, 0.15) is 39.5 Å². The van der Waals surface area contributed by atoms with E-state index in [0.717, 1.165) is 0 Å². The number of aliphatic hydroxyl groups excluding tert-OH is 1. The van der Waals surface area contributed by atoms with Crippen LogP contribution in [0.25, 0.3) is 0 Å². The molecule has 14 nitrogen and oxygen atoms in total. The first-order valence-electron chi connectivity index (χ1n) is 9.85. The highest BCUT2D eigenvalue weighted by atomic mass is 16.4. The lowest BCUT2D eigenvalue weighted by molar-refractivity contribution is -0.144. The normalized spacial score (nSPS) is 14.5. The number of nitrogens with two attached hydrogens (primary N) is 3. The number of aliphatic carboxylic acids is 1. The second kappa shape index (κ2) is 13.9. The van der Waals surface area contributed by atoms with E-state index in [1.54, 1.807) is 13.8 Å². The van der Waals surface area contributed by atoms with E-state index >= 15 is 0 Å². The van der Waals surface area contributed by atoms with Crippen molar-refractivity contribution in [1.29, 1.82) is 0 Å². The Morgan fingerprint density at radius 1 is 0.812 bits per heavy atom. The molecule has 4 unspecified atom stereocenters. The Morgan fingerprint density at radius 2 is 1.31 bits per heavy atom. The monoisotopic (exact) mass is 460 g/mol. The molecule has 0 saturated heterocycles. The van der Waals surface area contributed by atoms with Gasteiger partial charge in [-0.25, -0.2) is 4.79 Å². The zero-order valence-corrected chi connectivity index (χ0v) is 18.0. The molecule has 0 rings (SSSR count). The summed E-state index contributed by atoms with van der Waals surface area (Å²) in [6.07, 6.45) is -1.13. The number of hydrogen-bond donors (Lipinski definition) is 8. The van der Waals surface area contributed by atoms with Gasteiger partial charge in [0.15, 0.2) is 0 Å². The van der Waals surface area contributed by atoms with E-state index < -0.39 is 72.7 Å². The van der Waals surface area contributed by atoms with E-state index in [-0.39, 0.29) is 25.2 Å². The van der Waals surface area contributed by atoms with Gasteiger partial charge in [0.25, 0.3) is 0 Å². The first-order valence-corrected chi connectivity index (χ1v) is 9.85. The van der Waals surface area contributed by atoms with Gasteiger partial charge in [-0.1, -0.05) is 13.8 Å². The summed E-state index contributed by atoms with van der Waals surface area (Å²) in [7, 11) is 0. The minimum absolute atomic E-state index is 0.0683. The van der Waals surface area contributed by atoms with Crippen molar-refractivity contribution in [2.75, 3.05) is 6.61 Å². The van der Waals surface area contributed by atoms with Crippen molar-refractivity contribution in [1.82, 2.24) is 16.0 Å². The van der Waals surface area contributed by atoms with Gasteiger partial charge in [0, 0.05) is 6.42 Å².